The van der Waals surface area contributed by atoms with Gasteiger partial charge in [-0.3, -0.25) is 4.79 Å². The Morgan fingerprint density at radius 3 is 2.52 bits per heavy atom. The molecule has 1 fully saturated rings. The van der Waals surface area contributed by atoms with Gasteiger partial charge in [-0.1, -0.05) is 0 Å². The van der Waals surface area contributed by atoms with E-state index in [1.54, 1.807) is 30.3 Å². The summed E-state index contributed by atoms with van der Waals surface area (Å²) in [6.45, 7) is 1.81. The summed E-state index contributed by atoms with van der Waals surface area (Å²) in [4.78, 5) is 27.1. The van der Waals surface area contributed by atoms with Gasteiger partial charge in [0.05, 0.1) is 17.0 Å². The maximum absolute atomic E-state index is 14.5. The van der Waals surface area contributed by atoms with Crippen LogP contribution in [-0.4, -0.2) is 38.8 Å². The zero-order valence-corrected chi connectivity index (χ0v) is 16.2. The lowest BCUT2D eigenvalue weighted by atomic mass is 9.97. The molecule has 2 aromatic heterocycles. The second-order valence-corrected chi connectivity index (χ2v) is 7.20. The second-order valence-electron chi connectivity index (χ2n) is 7.20. The van der Waals surface area contributed by atoms with Crippen molar-refractivity contribution in [2.45, 2.75) is 25.8 Å². The van der Waals surface area contributed by atoms with Gasteiger partial charge in [0, 0.05) is 36.0 Å². The summed E-state index contributed by atoms with van der Waals surface area (Å²) in [5.41, 5.74) is 14.8. The molecule has 0 radical (unpaired) electrons. The molecular weight excluding hydrogens is 371 g/mol. The highest BCUT2D eigenvalue weighted by atomic mass is 19.1. The molecule has 148 valence electrons. The van der Waals surface area contributed by atoms with E-state index in [0.717, 1.165) is 18.4 Å². The molecule has 1 saturated carbocycles. The average molecular weight is 392 g/mol. The predicted octanol–water partition coefficient (Wildman–Crippen LogP) is 3.05. The van der Waals surface area contributed by atoms with Crippen molar-refractivity contribution in [1.29, 1.82) is 0 Å². The van der Waals surface area contributed by atoms with E-state index in [-0.39, 0.29) is 23.5 Å². The van der Waals surface area contributed by atoms with E-state index in [1.165, 1.54) is 12.1 Å². The van der Waals surface area contributed by atoms with E-state index in [4.69, 9.17) is 11.5 Å². The van der Waals surface area contributed by atoms with Gasteiger partial charge in [0.1, 0.15) is 11.6 Å². The lowest BCUT2D eigenvalue weighted by molar-refractivity contribution is 0.0780. The summed E-state index contributed by atoms with van der Waals surface area (Å²) >= 11 is 0. The van der Waals surface area contributed by atoms with Crippen molar-refractivity contribution < 1.29 is 9.18 Å². The Morgan fingerprint density at radius 1 is 1.14 bits per heavy atom. The first kappa shape index (κ1) is 18.8. The Balaban J connectivity index is 1.85. The quantitative estimate of drug-likeness (QED) is 0.706. The first-order valence-electron chi connectivity index (χ1n) is 9.28. The van der Waals surface area contributed by atoms with Gasteiger partial charge in [0.15, 0.2) is 0 Å². The number of nitrogens with zero attached hydrogens (tertiary/aromatic N) is 4. The van der Waals surface area contributed by atoms with Crippen LogP contribution < -0.4 is 11.5 Å². The molecule has 29 heavy (non-hydrogen) atoms. The summed E-state index contributed by atoms with van der Waals surface area (Å²) in [7, 11) is 1.70. The minimum atomic E-state index is -0.569. The largest absolute Gasteiger partial charge is 0.384 e. The first-order valence-corrected chi connectivity index (χ1v) is 9.28. The molecule has 0 aliphatic heterocycles. The van der Waals surface area contributed by atoms with E-state index in [2.05, 4.69) is 15.0 Å². The standard InChI is InChI=1S/C21H21FN6O/c1-11-18(13-4-8-17(23)25-10-13)19(27-21(24)26-11)12-3-7-16(22)15(9-12)20(29)28(2)14-5-6-14/h3-4,7-10,14H,5-6H2,1-2H3,(H2,23,25)(H2,24,26,27). The number of carbonyl (C=O) groups excluding carboxylic acids is 1. The van der Waals surface area contributed by atoms with Crippen LogP contribution in [0.3, 0.4) is 0 Å². The smallest absolute Gasteiger partial charge is 0.256 e. The highest BCUT2D eigenvalue weighted by molar-refractivity contribution is 5.96. The van der Waals surface area contributed by atoms with Crippen molar-refractivity contribution in [1.82, 2.24) is 19.9 Å². The van der Waals surface area contributed by atoms with Gasteiger partial charge in [-0.15, -0.1) is 0 Å². The average Bonchev–Trinajstić information content (AvgIpc) is 3.53. The fourth-order valence-electron chi connectivity index (χ4n) is 3.36. The number of hydrogen-bond donors (Lipinski definition) is 2. The molecule has 1 amide bonds. The van der Waals surface area contributed by atoms with Crippen LogP contribution in [0.2, 0.25) is 0 Å². The summed E-state index contributed by atoms with van der Waals surface area (Å²) in [6, 6.07) is 8.05. The molecule has 3 aromatic rings. The Bertz CT molecular complexity index is 1100. The molecule has 4 rings (SSSR count). The number of pyridine rings is 1. The van der Waals surface area contributed by atoms with Gasteiger partial charge >= 0.3 is 0 Å². The van der Waals surface area contributed by atoms with Crippen LogP contribution in [0.5, 0.6) is 0 Å². The molecule has 1 aromatic carbocycles. The number of aryl methyl sites for hydroxylation is 1. The molecule has 0 spiro atoms. The van der Waals surface area contributed by atoms with Crippen LogP contribution in [-0.2, 0) is 0 Å². The molecule has 4 N–H and O–H groups in total. The monoisotopic (exact) mass is 392 g/mol. The summed E-state index contributed by atoms with van der Waals surface area (Å²) in [6.07, 6.45) is 3.51. The number of carbonyl (C=O) groups is 1. The predicted molar refractivity (Wildman–Crippen MR) is 109 cm³/mol. The summed E-state index contributed by atoms with van der Waals surface area (Å²) < 4.78 is 14.5. The van der Waals surface area contributed by atoms with Gasteiger partial charge in [0.2, 0.25) is 5.95 Å². The van der Waals surface area contributed by atoms with Crippen LogP contribution in [0.1, 0.15) is 28.9 Å². The second kappa shape index (κ2) is 7.12. The highest BCUT2D eigenvalue weighted by Crippen LogP contribution is 2.34. The summed E-state index contributed by atoms with van der Waals surface area (Å²) in [5.74, 6) is -0.430. The van der Waals surface area contributed by atoms with Crippen molar-refractivity contribution in [3.8, 4) is 22.4 Å². The van der Waals surface area contributed by atoms with Gasteiger partial charge in [-0.05, 0) is 50.1 Å². The molecule has 1 aliphatic carbocycles. The SMILES string of the molecule is Cc1nc(N)nc(-c2ccc(F)c(C(=O)N(C)C3CC3)c2)c1-c1ccc(N)nc1. The molecular formula is C21H21FN6O. The molecule has 1 aliphatic rings. The maximum Gasteiger partial charge on any atom is 0.256 e. The molecule has 8 heteroatoms. The fraction of sp³-hybridized carbons (Fsp3) is 0.238. The van der Waals surface area contributed by atoms with Crippen LogP contribution in [0.4, 0.5) is 16.2 Å². The van der Waals surface area contributed by atoms with E-state index >= 15 is 0 Å². The topological polar surface area (TPSA) is 111 Å². The van der Waals surface area contributed by atoms with Crippen LogP contribution in [0, 0.1) is 12.7 Å². The number of rotatable bonds is 4. The van der Waals surface area contributed by atoms with Crippen molar-refractivity contribution in [3.05, 3.63) is 53.6 Å². The number of amides is 1. The lowest BCUT2D eigenvalue weighted by Crippen LogP contribution is -2.29. The highest BCUT2D eigenvalue weighted by Gasteiger charge is 2.31. The molecule has 2 heterocycles. The first-order chi connectivity index (χ1) is 13.8. The third-order valence-electron chi connectivity index (χ3n) is 5.07. The number of aromatic nitrogens is 3. The van der Waals surface area contributed by atoms with Gasteiger partial charge in [0.25, 0.3) is 5.91 Å². The number of halogens is 1. The van der Waals surface area contributed by atoms with E-state index < -0.39 is 5.82 Å². The van der Waals surface area contributed by atoms with Gasteiger partial charge < -0.3 is 16.4 Å². The number of benzene rings is 1. The minimum absolute atomic E-state index is 0.00752. The minimum Gasteiger partial charge on any atom is -0.384 e. The van der Waals surface area contributed by atoms with Gasteiger partial charge in [-0.25, -0.2) is 19.3 Å². The fourth-order valence-corrected chi connectivity index (χ4v) is 3.36. The van der Waals surface area contributed by atoms with Crippen LogP contribution in [0.25, 0.3) is 22.4 Å². The lowest BCUT2D eigenvalue weighted by Gasteiger charge is -2.18. The number of hydrogen-bond acceptors (Lipinski definition) is 6. The van der Waals surface area contributed by atoms with Crippen molar-refractivity contribution in [2.75, 3.05) is 18.5 Å². The molecule has 0 saturated heterocycles. The maximum atomic E-state index is 14.5. The van der Waals surface area contributed by atoms with Crippen molar-refractivity contribution in [2.24, 2.45) is 0 Å². The van der Waals surface area contributed by atoms with Crippen LogP contribution >= 0.6 is 0 Å². The Kier molecular flexibility index (Phi) is 4.62. The zero-order valence-electron chi connectivity index (χ0n) is 16.2. The van der Waals surface area contributed by atoms with E-state index in [1.807, 2.05) is 13.0 Å². The zero-order chi connectivity index (χ0) is 20.7. The van der Waals surface area contributed by atoms with Crippen molar-refractivity contribution >= 4 is 17.7 Å². The van der Waals surface area contributed by atoms with Crippen LogP contribution in [0.15, 0.2) is 36.5 Å². The molecule has 0 atom stereocenters. The normalized spacial score (nSPS) is 13.3. The molecule has 0 unspecified atom stereocenters. The number of nitrogen functional groups attached to an aromatic ring is 2. The van der Waals surface area contributed by atoms with Crippen molar-refractivity contribution in [3.63, 3.8) is 0 Å². The van der Waals surface area contributed by atoms with E-state index in [9.17, 15) is 9.18 Å². The third kappa shape index (κ3) is 3.61. The summed E-state index contributed by atoms with van der Waals surface area (Å²) in [5, 5.41) is 0. The molecule has 0 bridgehead atoms. The number of anilines is 2. The third-order valence-corrected chi connectivity index (χ3v) is 5.07. The number of nitrogens with two attached hydrogens (primary N) is 2. The Hall–Kier alpha value is -3.55. The Morgan fingerprint density at radius 2 is 1.86 bits per heavy atom. The van der Waals surface area contributed by atoms with Gasteiger partial charge in [-0.2, -0.15) is 0 Å². The van der Waals surface area contributed by atoms with E-state index in [0.29, 0.717) is 28.3 Å². The Labute approximate surface area is 167 Å². The molecule has 7 nitrogen and oxygen atoms in total.